The Bertz CT molecular complexity index is 413. The second-order valence-corrected chi connectivity index (χ2v) is 6.73. The maximum absolute atomic E-state index is 4.36. The van der Waals surface area contributed by atoms with E-state index in [2.05, 4.69) is 48.4 Å². The molecule has 2 unspecified atom stereocenters. The van der Waals surface area contributed by atoms with Crippen molar-refractivity contribution in [3.63, 3.8) is 0 Å². The summed E-state index contributed by atoms with van der Waals surface area (Å²) < 4.78 is 0. The van der Waals surface area contributed by atoms with E-state index >= 15 is 0 Å². The predicted octanol–water partition coefficient (Wildman–Crippen LogP) is 2.99. The summed E-state index contributed by atoms with van der Waals surface area (Å²) >= 11 is 0. The molecule has 3 nitrogen and oxygen atoms in total. The van der Waals surface area contributed by atoms with E-state index in [1.807, 2.05) is 13.1 Å². The molecular formula is C17H29N3. The summed E-state index contributed by atoms with van der Waals surface area (Å²) in [6.45, 7) is 6.40. The molecule has 0 saturated heterocycles. The number of aromatic nitrogens is 1. The summed E-state index contributed by atoms with van der Waals surface area (Å²) in [5.74, 6) is 0.842. The fraction of sp³-hybridized carbons (Fsp3) is 0.706. The standard InChI is InChI=1S/C17H29N3/c1-14-6-5-9-17(10-14,20(3)4)13-18-11-16-8-7-15(2)19-12-16/h7-8,12,14,18H,5-6,9-11,13H2,1-4H3. The van der Waals surface area contributed by atoms with Gasteiger partial charge >= 0.3 is 0 Å². The highest BCUT2D eigenvalue weighted by Gasteiger charge is 2.36. The second kappa shape index (κ2) is 6.68. The minimum atomic E-state index is 0.329. The van der Waals surface area contributed by atoms with E-state index in [-0.39, 0.29) is 0 Å². The lowest BCUT2D eigenvalue weighted by atomic mass is 9.75. The zero-order valence-electron chi connectivity index (χ0n) is 13.4. The lowest BCUT2D eigenvalue weighted by Gasteiger charge is -2.45. The minimum absolute atomic E-state index is 0.329. The summed E-state index contributed by atoms with van der Waals surface area (Å²) in [6.07, 6.45) is 7.33. The molecule has 20 heavy (non-hydrogen) atoms. The van der Waals surface area contributed by atoms with Gasteiger partial charge in [0, 0.05) is 30.5 Å². The van der Waals surface area contributed by atoms with Gasteiger partial charge in [0.25, 0.3) is 0 Å². The summed E-state index contributed by atoms with van der Waals surface area (Å²) in [5.41, 5.74) is 2.68. The maximum Gasteiger partial charge on any atom is 0.0372 e. The highest BCUT2D eigenvalue weighted by molar-refractivity contribution is 5.13. The van der Waals surface area contributed by atoms with Crippen molar-refractivity contribution >= 4 is 0 Å². The van der Waals surface area contributed by atoms with Gasteiger partial charge in [-0.3, -0.25) is 4.98 Å². The maximum atomic E-state index is 4.36. The number of aryl methyl sites for hydroxylation is 1. The van der Waals surface area contributed by atoms with E-state index in [0.717, 1.165) is 24.7 Å². The van der Waals surface area contributed by atoms with Crippen LogP contribution in [0, 0.1) is 12.8 Å². The fourth-order valence-corrected chi connectivity index (χ4v) is 3.40. The molecule has 1 aromatic heterocycles. The van der Waals surface area contributed by atoms with Crippen LogP contribution in [0.25, 0.3) is 0 Å². The largest absolute Gasteiger partial charge is 0.311 e. The van der Waals surface area contributed by atoms with E-state index in [1.54, 1.807) is 0 Å². The molecule has 2 atom stereocenters. The molecule has 1 fully saturated rings. The van der Waals surface area contributed by atoms with Crippen molar-refractivity contribution in [1.29, 1.82) is 0 Å². The van der Waals surface area contributed by atoms with Crippen molar-refractivity contribution in [2.75, 3.05) is 20.6 Å². The SMILES string of the molecule is Cc1ccc(CNCC2(N(C)C)CCCC(C)C2)cn1. The van der Waals surface area contributed by atoms with Gasteiger partial charge < -0.3 is 10.2 Å². The average molecular weight is 275 g/mol. The number of pyridine rings is 1. The van der Waals surface area contributed by atoms with Crippen LogP contribution in [-0.4, -0.2) is 36.1 Å². The van der Waals surface area contributed by atoms with Crippen molar-refractivity contribution in [2.45, 2.75) is 51.6 Å². The topological polar surface area (TPSA) is 28.2 Å². The summed E-state index contributed by atoms with van der Waals surface area (Å²) in [4.78, 5) is 6.79. The van der Waals surface area contributed by atoms with Gasteiger partial charge in [0.15, 0.2) is 0 Å². The average Bonchev–Trinajstić information content (AvgIpc) is 2.41. The van der Waals surface area contributed by atoms with Gasteiger partial charge in [0.05, 0.1) is 0 Å². The number of nitrogens with zero attached hydrogens (tertiary/aromatic N) is 2. The van der Waals surface area contributed by atoms with E-state index < -0.39 is 0 Å². The number of nitrogens with one attached hydrogen (secondary N) is 1. The van der Waals surface area contributed by atoms with Crippen LogP contribution < -0.4 is 5.32 Å². The quantitative estimate of drug-likeness (QED) is 0.895. The summed E-state index contributed by atoms with van der Waals surface area (Å²) in [6, 6.07) is 4.25. The third kappa shape index (κ3) is 3.80. The third-order valence-corrected chi connectivity index (χ3v) is 4.77. The zero-order valence-corrected chi connectivity index (χ0v) is 13.4. The molecule has 3 heteroatoms. The minimum Gasteiger partial charge on any atom is -0.311 e. The molecule has 0 aliphatic heterocycles. The van der Waals surface area contributed by atoms with Gasteiger partial charge in [-0.2, -0.15) is 0 Å². The first-order valence-electron chi connectivity index (χ1n) is 7.81. The van der Waals surface area contributed by atoms with Gasteiger partial charge in [0.1, 0.15) is 0 Å². The van der Waals surface area contributed by atoms with Crippen LogP contribution >= 0.6 is 0 Å². The molecule has 0 amide bonds. The monoisotopic (exact) mass is 275 g/mol. The first kappa shape index (κ1) is 15.5. The Morgan fingerprint density at radius 1 is 1.40 bits per heavy atom. The van der Waals surface area contributed by atoms with Crippen molar-refractivity contribution in [1.82, 2.24) is 15.2 Å². The van der Waals surface area contributed by atoms with Crippen molar-refractivity contribution in [2.24, 2.45) is 5.92 Å². The summed E-state index contributed by atoms with van der Waals surface area (Å²) in [7, 11) is 4.46. The van der Waals surface area contributed by atoms with Crippen molar-refractivity contribution in [3.8, 4) is 0 Å². The Labute approximate surface area is 123 Å². The van der Waals surface area contributed by atoms with Crippen molar-refractivity contribution in [3.05, 3.63) is 29.6 Å². The van der Waals surface area contributed by atoms with Gasteiger partial charge in [0.2, 0.25) is 0 Å². The highest BCUT2D eigenvalue weighted by atomic mass is 15.2. The van der Waals surface area contributed by atoms with Crippen LogP contribution in [0.1, 0.15) is 43.9 Å². The first-order valence-corrected chi connectivity index (χ1v) is 7.81. The molecule has 1 aliphatic carbocycles. The molecule has 1 saturated carbocycles. The van der Waals surface area contributed by atoms with Crippen LogP contribution in [-0.2, 0) is 6.54 Å². The molecule has 1 aromatic rings. The second-order valence-electron chi connectivity index (χ2n) is 6.73. The number of rotatable bonds is 5. The Balaban J connectivity index is 1.91. The van der Waals surface area contributed by atoms with Crippen LogP contribution in [0.2, 0.25) is 0 Å². The lowest BCUT2D eigenvalue weighted by Crippen LogP contribution is -2.54. The molecule has 112 valence electrons. The van der Waals surface area contributed by atoms with Gasteiger partial charge in [-0.25, -0.2) is 0 Å². The number of hydrogen-bond acceptors (Lipinski definition) is 3. The Morgan fingerprint density at radius 3 is 2.80 bits per heavy atom. The normalized spacial score (nSPS) is 26.9. The van der Waals surface area contributed by atoms with E-state index in [0.29, 0.717) is 5.54 Å². The lowest BCUT2D eigenvalue weighted by molar-refractivity contribution is 0.0749. The van der Waals surface area contributed by atoms with Crippen LogP contribution in [0.4, 0.5) is 0 Å². The first-order chi connectivity index (χ1) is 9.52. The molecule has 1 aliphatic rings. The molecule has 1 N–H and O–H groups in total. The number of likely N-dealkylation sites (N-methyl/N-ethyl adjacent to an activating group) is 1. The fourth-order valence-electron chi connectivity index (χ4n) is 3.40. The van der Waals surface area contributed by atoms with Gasteiger partial charge in [-0.05, 0) is 51.4 Å². The van der Waals surface area contributed by atoms with E-state index in [9.17, 15) is 0 Å². The van der Waals surface area contributed by atoms with Crippen LogP contribution in [0.15, 0.2) is 18.3 Å². The van der Waals surface area contributed by atoms with Crippen molar-refractivity contribution < 1.29 is 0 Å². The molecule has 0 aromatic carbocycles. The summed E-state index contributed by atoms with van der Waals surface area (Å²) in [5, 5.41) is 3.65. The zero-order chi connectivity index (χ0) is 14.6. The van der Waals surface area contributed by atoms with Crippen LogP contribution in [0.5, 0.6) is 0 Å². The Morgan fingerprint density at radius 2 is 2.20 bits per heavy atom. The highest BCUT2D eigenvalue weighted by Crippen LogP contribution is 2.35. The number of hydrogen-bond donors (Lipinski definition) is 1. The smallest absolute Gasteiger partial charge is 0.0372 e. The molecule has 2 rings (SSSR count). The molecule has 0 radical (unpaired) electrons. The van der Waals surface area contributed by atoms with E-state index in [4.69, 9.17) is 0 Å². The Kier molecular flexibility index (Phi) is 5.17. The van der Waals surface area contributed by atoms with Gasteiger partial charge in [-0.1, -0.05) is 25.8 Å². The third-order valence-electron chi connectivity index (χ3n) is 4.77. The predicted molar refractivity (Wildman–Crippen MR) is 84.7 cm³/mol. The molecule has 1 heterocycles. The van der Waals surface area contributed by atoms with Crippen LogP contribution in [0.3, 0.4) is 0 Å². The van der Waals surface area contributed by atoms with Gasteiger partial charge in [-0.15, -0.1) is 0 Å². The molecular weight excluding hydrogens is 246 g/mol. The van der Waals surface area contributed by atoms with E-state index in [1.165, 1.54) is 31.2 Å². The Hall–Kier alpha value is -0.930. The molecule has 0 spiro atoms. The molecule has 0 bridgehead atoms.